The average Bonchev–Trinajstić information content (AvgIpc) is 2.98. The molecule has 0 amide bonds. The zero-order chi connectivity index (χ0) is 11.9. The molecule has 0 saturated carbocycles. The molecule has 88 valence electrons. The SMILES string of the molecule is O=S(=O)(c1cn[nH]c1)N1Cc2ccccc2C1. The van der Waals surface area contributed by atoms with Crippen molar-refractivity contribution in [2.45, 2.75) is 18.0 Å². The summed E-state index contributed by atoms with van der Waals surface area (Å²) in [6.07, 6.45) is 2.73. The molecule has 1 aliphatic heterocycles. The molecule has 2 aromatic rings. The number of nitrogens with one attached hydrogen (secondary N) is 1. The Kier molecular flexibility index (Phi) is 2.27. The third-order valence-electron chi connectivity index (χ3n) is 2.92. The monoisotopic (exact) mass is 249 g/mol. The van der Waals surface area contributed by atoms with Gasteiger partial charge in [-0.1, -0.05) is 24.3 Å². The molecule has 0 atom stereocenters. The summed E-state index contributed by atoms with van der Waals surface area (Å²) in [6, 6.07) is 7.76. The van der Waals surface area contributed by atoms with Crippen LogP contribution in [0.25, 0.3) is 0 Å². The van der Waals surface area contributed by atoms with Gasteiger partial charge in [0.25, 0.3) is 0 Å². The Morgan fingerprint density at radius 1 is 1.18 bits per heavy atom. The molecule has 6 heteroatoms. The van der Waals surface area contributed by atoms with Crippen LogP contribution in [-0.2, 0) is 23.1 Å². The number of sulfonamides is 1. The first kappa shape index (κ1) is 10.5. The van der Waals surface area contributed by atoms with Gasteiger partial charge in [0.1, 0.15) is 4.90 Å². The van der Waals surface area contributed by atoms with Crippen LogP contribution >= 0.6 is 0 Å². The van der Waals surface area contributed by atoms with Gasteiger partial charge in [-0.05, 0) is 11.1 Å². The maximum atomic E-state index is 12.2. The Labute approximate surface area is 99.1 Å². The molecule has 0 spiro atoms. The molecule has 0 unspecified atom stereocenters. The quantitative estimate of drug-likeness (QED) is 0.867. The fourth-order valence-corrected chi connectivity index (χ4v) is 3.30. The lowest BCUT2D eigenvalue weighted by Crippen LogP contribution is -2.25. The summed E-state index contributed by atoms with van der Waals surface area (Å²) in [5, 5.41) is 6.20. The van der Waals surface area contributed by atoms with E-state index in [4.69, 9.17) is 0 Å². The van der Waals surface area contributed by atoms with Crippen molar-refractivity contribution in [2.75, 3.05) is 0 Å². The molecule has 1 aromatic carbocycles. The van der Waals surface area contributed by atoms with Crippen molar-refractivity contribution in [2.24, 2.45) is 0 Å². The van der Waals surface area contributed by atoms with E-state index in [0.29, 0.717) is 13.1 Å². The molecule has 0 bridgehead atoms. The van der Waals surface area contributed by atoms with Crippen LogP contribution in [0.5, 0.6) is 0 Å². The molecule has 0 aliphatic carbocycles. The molecule has 17 heavy (non-hydrogen) atoms. The van der Waals surface area contributed by atoms with Gasteiger partial charge in [-0.2, -0.15) is 9.40 Å². The highest BCUT2D eigenvalue weighted by molar-refractivity contribution is 7.89. The predicted octanol–water partition coefficient (Wildman–Crippen LogP) is 1.11. The highest BCUT2D eigenvalue weighted by Crippen LogP contribution is 2.27. The third kappa shape index (κ3) is 1.65. The largest absolute Gasteiger partial charge is 0.284 e. The van der Waals surface area contributed by atoms with Crippen LogP contribution in [0.1, 0.15) is 11.1 Å². The van der Waals surface area contributed by atoms with Crippen LogP contribution in [0.4, 0.5) is 0 Å². The molecule has 3 rings (SSSR count). The summed E-state index contributed by atoms with van der Waals surface area (Å²) < 4.78 is 25.9. The molecule has 1 N–H and O–H groups in total. The highest BCUT2D eigenvalue weighted by atomic mass is 32.2. The van der Waals surface area contributed by atoms with Crippen LogP contribution in [0.15, 0.2) is 41.6 Å². The number of rotatable bonds is 2. The van der Waals surface area contributed by atoms with E-state index in [2.05, 4.69) is 10.2 Å². The minimum absolute atomic E-state index is 0.213. The fourth-order valence-electron chi connectivity index (χ4n) is 2.00. The molecule has 0 saturated heterocycles. The van der Waals surface area contributed by atoms with Crippen molar-refractivity contribution in [3.8, 4) is 0 Å². The van der Waals surface area contributed by atoms with E-state index >= 15 is 0 Å². The highest BCUT2D eigenvalue weighted by Gasteiger charge is 2.30. The lowest BCUT2D eigenvalue weighted by Gasteiger charge is -2.13. The van der Waals surface area contributed by atoms with Gasteiger partial charge in [-0.25, -0.2) is 8.42 Å². The van der Waals surface area contributed by atoms with E-state index < -0.39 is 10.0 Å². The van der Waals surface area contributed by atoms with Crippen molar-refractivity contribution in [1.82, 2.24) is 14.5 Å². The molecular formula is C11H11N3O2S. The minimum atomic E-state index is -3.42. The summed E-state index contributed by atoms with van der Waals surface area (Å²) in [5.74, 6) is 0. The lowest BCUT2D eigenvalue weighted by molar-refractivity contribution is 0.431. The Morgan fingerprint density at radius 3 is 2.35 bits per heavy atom. The first-order valence-corrected chi connectivity index (χ1v) is 6.67. The minimum Gasteiger partial charge on any atom is -0.284 e. The van der Waals surface area contributed by atoms with Crippen molar-refractivity contribution in [3.05, 3.63) is 47.8 Å². The molecule has 1 aromatic heterocycles. The second kappa shape index (κ2) is 3.68. The zero-order valence-corrected chi connectivity index (χ0v) is 9.81. The third-order valence-corrected chi connectivity index (χ3v) is 4.68. The fraction of sp³-hybridized carbons (Fsp3) is 0.182. The first-order chi connectivity index (χ1) is 8.18. The molecule has 1 aliphatic rings. The first-order valence-electron chi connectivity index (χ1n) is 5.23. The second-order valence-corrected chi connectivity index (χ2v) is 5.91. The van der Waals surface area contributed by atoms with Gasteiger partial charge in [-0.15, -0.1) is 0 Å². The molecule has 5 nitrogen and oxygen atoms in total. The maximum Gasteiger partial charge on any atom is 0.246 e. The number of H-pyrrole nitrogens is 1. The van der Waals surface area contributed by atoms with Crippen LogP contribution < -0.4 is 0 Å². The van der Waals surface area contributed by atoms with Crippen molar-refractivity contribution < 1.29 is 8.42 Å². The van der Waals surface area contributed by atoms with Gasteiger partial charge in [0.15, 0.2) is 0 Å². The van der Waals surface area contributed by atoms with Gasteiger partial charge in [0.2, 0.25) is 10.0 Å². The summed E-state index contributed by atoms with van der Waals surface area (Å²) in [6.45, 7) is 0.868. The number of aromatic amines is 1. The Hall–Kier alpha value is -1.66. The van der Waals surface area contributed by atoms with E-state index in [0.717, 1.165) is 11.1 Å². The van der Waals surface area contributed by atoms with E-state index in [-0.39, 0.29) is 4.90 Å². The number of hydrogen-bond acceptors (Lipinski definition) is 3. The van der Waals surface area contributed by atoms with E-state index in [1.807, 2.05) is 24.3 Å². The smallest absolute Gasteiger partial charge is 0.246 e. The lowest BCUT2D eigenvalue weighted by atomic mass is 10.1. The molecule has 0 radical (unpaired) electrons. The normalized spacial score (nSPS) is 16.0. The van der Waals surface area contributed by atoms with Crippen molar-refractivity contribution >= 4 is 10.0 Å². The van der Waals surface area contributed by atoms with Gasteiger partial charge in [0.05, 0.1) is 6.20 Å². The Balaban J connectivity index is 1.95. The van der Waals surface area contributed by atoms with E-state index in [9.17, 15) is 8.42 Å². The average molecular weight is 249 g/mol. The topological polar surface area (TPSA) is 66.1 Å². The summed E-state index contributed by atoms with van der Waals surface area (Å²) in [5.41, 5.74) is 2.14. The van der Waals surface area contributed by atoms with Crippen molar-refractivity contribution in [3.63, 3.8) is 0 Å². The van der Waals surface area contributed by atoms with Crippen LogP contribution in [0.2, 0.25) is 0 Å². The van der Waals surface area contributed by atoms with Gasteiger partial charge >= 0.3 is 0 Å². The zero-order valence-electron chi connectivity index (χ0n) is 9.00. The van der Waals surface area contributed by atoms with Crippen LogP contribution in [-0.4, -0.2) is 22.9 Å². The second-order valence-electron chi connectivity index (χ2n) is 3.98. The number of nitrogens with zero attached hydrogens (tertiary/aromatic N) is 2. The molecule has 0 fully saturated rings. The van der Waals surface area contributed by atoms with Crippen LogP contribution in [0, 0.1) is 0 Å². The number of fused-ring (bicyclic) bond motifs is 1. The Bertz CT molecular complexity index is 609. The van der Waals surface area contributed by atoms with Gasteiger partial charge < -0.3 is 0 Å². The summed E-state index contributed by atoms with van der Waals surface area (Å²) in [7, 11) is -3.42. The molecular weight excluding hydrogens is 238 g/mol. The van der Waals surface area contributed by atoms with Gasteiger partial charge in [-0.3, -0.25) is 5.10 Å². The summed E-state index contributed by atoms with van der Waals surface area (Å²) >= 11 is 0. The number of benzene rings is 1. The summed E-state index contributed by atoms with van der Waals surface area (Å²) in [4.78, 5) is 0.213. The Morgan fingerprint density at radius 2 is 1.82 bits per heavy atom. The maximum absolute atomic E-state index is 12.2. The predicted molar refractivity (Wildman–Crippen MR) is 61.5 cm³/mol. The van der Waals surface area contributed by atoms with Gasteiger partial charge in [0, 0.05) is 19.3 Å². The van der Waals surface area contributed by atoms with Crippen molar-refractivity contribution in [1.29, 1.82) is 0 Å². The van der Waals surface area contributed by atoms with E-state index in [1.54, 1.807) is 0 Å². The van der Waals surface area contributed by atoms with Crippen LogP contribution in [0.3, 0.4) is 0 Å². The number of aromatic nitrogens is 2. The standard InChI is InChI=1S/C11H11N3O2S/c15-17(16,11-5-12-13-6-11)14-7-9-3-1-2-4-10(9)8-14/h1-6H,7-8H2,(H,12,13). The molecule has 2 heterocycles. The van der Waals surface area contributed by atoms with E-state index in [1.165, 1.54) is 16.7 Å². The number of hydrogen-bond donors (Lipinski definition) is 1.